The number of nitrogens with one attached hydrogen (secondary N) is 3. The highest BCUT2D eigenvalue weighted by Gasteiger charge is 2.28. The maximum Gasteiger partial charge on any atom is 0.267 e. The van der Waals surface area contributed by atoms with Crippen LogP contribution >= 0.6 is 11.6 Å². The SMILES string of the molecule is O=C(C=Cc1ccc2c(c1)CCC2N(CCc1c[nH]c2cc(Cl)ccc12)Cc1cn[nH]c1)NO. The minimum absolute atomic E-state index is 0.309. The molecule has 1 atom stereocenters. The van der Waals surface area contributed by atoms with Crippen LogP contribution < -0.4 is 5.48 Å². The fourth-order valence-corrected chi connectivity index (χ4v) is 5.05. The molecule has 0 aliphatic heterocycles. The van der Waals surface area contributed by atoms with Gasteiger partial charge in [0.2, 0.25) is 0 Å². The fraction of sp³-hybridized carbons (Fsp3) is 0.231. The zero-order chi connectivity index (χ0) is 23.5. The Labute approximate surface area is 202 Å². The number of halogens is 1. The predicted molar refractivity (Wildman–Crippen MR) is 132 cm³/mol. The minimum Gasteiger partial charge on any atom is -0.361 e. The van der Waals surface area contributed by atoms with Gasteiger partial charge in [-0.15, -0.1) is 0 Å². The first kappa shape index (κ1) is 22.4. The number of fused-ring (bicyclic) bond motifs is 2. The molecule has 1 aliphatic rings. The highest BCUT2D eigenvalue weighted by Crippen LogP contribution is 2.37. The first-order valence-corrected chi connectivity index (χ1v) is 11.7. The Bertz CT molecular complexity index is 1330. The van der Waals surface area contributed by atoms with E-state index in [1.54, 1.807) is 11.6 Å². The van der Waals surface area contributed by atoms with Crippen LogP contribution in [0.1, 0.15) is 40.3 Å². The molecule has 1 amide bonds. The second-order valence-corrected chi connectivity index (χ2v) is 9.09. The lowest BCUT2D eigenvalue weighted by molar-refractivity contribution is -0.124. The molecule has 0 radical (unpaired) electrons. The standard InChI is InChI=1S/C26H26ClN5O2/c27-21-4-6-22-20(15-28-24(22)12-21)9-10-32(16-18-13-29-30-14-18)25-7-3-19-11-17(1-5-23(19)25)2-8-26(33)31-34/h1-2,4-6,8,11-15,25,28,34H,3,7,9-10,16H2,(H,29,30)(H,31,33). The molecule has 8 heteroatoms. The van der Waals surface area contributed by atoms with Gasteiger partial charge in [0.1, 0.15) is 0 Å². The molecule has 4 aromatic rings. The number of hydrogen-bond acceptors (Lipinski definition) is 4. The summed E-state index contributed by atoms with van der Waals surface area (Å²) < 4.78 is 0. The van der Waals surface area contributed by atoms with Gasteiger partial charge in [-0.25, -0.2) is 5.48 Å². The predicted octanol–water partition coefficient (Wildman–Crippen LogP) is 4.80. The van der Waals surface area contributed by atoms with E-state index in [1.807, 2.05) is 30.6 Å². The van der Waals surface area contributed by atoms with Crippen molar-refractivity contribution < 1.29 is 10.0 Å². The zero-order valence-electron chi connectivity index (χ0n) is 18.6. The van der Waals surface area contributed by atoms with Gasteiger partial charge in [-0.3, -0.25) is 20.0 Å². The van der Waals surface area contributed by atoms with Gasteiger partial charge < -0.3 is 4.98 Å². The van der Waals surface area contributed by atoms with E-state index in [-0.39, 0.29) is 0 Å². The molecular formula is C26H26ClN5O2. The molecule has 1 aliphatic carbocycles. The summed E-state index contributed by atoms with van der Waals surface area (Å²) in [6, 6.07) is 12.6. The summed E-state index contributed by atoms with van der Waals surface area (Å²) in [5.41, 5.74) is 8.70. The third-order valence-electron chi connectivity index (χ3n) is 6.53. The number of amides is 1. The van der Waals surface area contributed by atoms with Crippen LogP contribution in [-0.4, -0.2) is 37.7 Å². The summed E-state index contributed by atoms with van der Waals surface area (Å²) in [6.07, 6.45) is 11.9. The van der Waals surface area contributed by atoms with Crippen molar-refractivity contribution in [3.63, 3.8) is 0 Å². The minimum atomic E-state index is -0.538. The van der Waals surface area contributed by atoms with Crippen LogP contribution in [0, 0.1) is 0 Å². The Balaban J connectivity index is 1.37. The van der Waals surface area contributed by atoms with Crippen molar-refractivity contribution in [2.45, 2.75) is 31.8 Å². The first-order valence-electron chi connectivity index (χ1n) is 11.3. The van der Waals surface area contributed by atoms with Gasteiger partial charge in [-0.2, -0.15) is 5.10 Å². The number of aryl methyl sites for hydroxylation is 1. The van der Waals surface area contributed by atoms with Gasteiger partial charge in [0, 0.05) is 59.1 Å². The van der Waals surface area contributed by atoms with Crippen molar-refractivity contribution in [1.82, 2.24) is 25.6 Å². The lowest BCUT2D eigenvalue weighted by Crippen LogP contribution is -2.29. The van der Waals surface area contributed by atoms with Crippen molar-refractivity contribution in [3.8, 4) is 0 Å². The van der Waals surface area contributed by atoms with Gasteiger partial charge in [0.15, 0.2) is 0 Å². The fourth-order valence-electron chi connectivity index (χ4n) is 4.88. The lowest BCUT2D eigenvalue weighted by atomic mass is 10.0. The summed E-state index contributed by atoms with van der Waals surface area (Å²) in [5.74, 6) is -0.538. The number of hydrogen-bond donors (Lipinski definition) is 4. The molecule has 4 N–H and O–H groups in total. The first-order chi connectivity index (χ1) is 16.6. The average molecular weight is 476 g/mol. The number of H-pyrrole nitrogens is 2. The van der Waals surface area contributed by atoms with E-state index in [2.05, 4.69) is 44.5 Å². The molecule has 0 spiro atoms. The molecule has 1 unspecified atom stereocenters. The second kappa shape index (κ2) is 9.85. The van der Waals surface area contributed by atoms with Crippen LogP contribution in [0.3, 0.4) is 0 Å². The van der Waals surface area contributed by atoms with E-state index in [0.717, 1.165) is 54.0 Å². The van der Waals surface area contributed by atoms with Crippen LogP contribution in [0.4, 0.5) is 0 Å². The van der Waals surface area contributed by atoms with E-state index < -0.39 is 5.91 Å². The smallest absolute Gasteiger partial charge is 0.267 e. The topological polar surface area (TPSA) is 97.0 Å². The van der Waals surface area contributed by atoms with Gasteiger partial charge in [-0.05, 0) is 59.7 Å². The highest BCUT2D eigenvalue weighted by atomic mass is 35.5. The second-order valence-electron chi connectivity index (χ2n) is 8.65. The van der Waals surface area contributed by atoms with Gasteiger partial charge >= 0.3 is 0 Å². The highest BCUT2D eigenvalue weighted by molar-refractivity contribution is 6.31. The van der Waals surface area contributed by atoms with Crippen LogP contribution in [0.2, 0.25) is 5.02 Å². The van der Waals surface area contributed by atoms with Crippen LogP contribution in [0.25, 0.3) is 17.0 Å². The van der Waals surface area contributed by atoms with Gasteiger partial charge in [0.25, 0.3) is 5.91 Å². The van der Waals surface area contributed by atoms with Gasteiger partial charge in [-0.1, -0.05) is 35.9 Å². The molecule has 7 nitrogen and oxygen atoms in total. The van der Waals surface area contributed by atoms with E-state index in [1.165, 1.54) is 28.2 Å². The molecule has 174 valence electrons. The van der Waals surface area contributed by atoms with E-state index in [9.17, 15) is 4.79 Å². The Morgan fingerprint density at radius 1 is 1.26 bits per heavy atom. The van der Waals surface area contributed by atoms with Crippen molar-refractivity contribution >= 4 is 34.5 Å². The average Bonchev–Trinajstić information content (AvgIpc) is 3.59. The molecular weight excluding hydrogens is 450 g/mol. The molecule has 2 aromatic heterocycles. The molecule has 0 saturated carbocycles. The van der Waals surface area contributed by atoms with Crippen LogP contribution in [0.5, 0.6) is 0 Å². The third-order valence-corrected chi connectivity index (χ3v) is 6.76. The molecule has 0 bridgehead atoms. The van der Waals surface area contributed by atoms with Crippen LogP contribution in [0.15, 0.2) is 61.1 Å². The molecule has 5 rings (SSSR count). The monoisotopic (exact) mass is 475 g/mol. The van der Waals surface area contributed by atoms with E-state index >= 15 is 0 Å². The summed E-state index contributed by atoms with van der Waals surface area (Å²) >= 11 is 6.15. The quantitative estimate of drug-likeness (QED) is 0.167. The normalized spacial score (nSPS) is 15.4. The molecule has 0 fully saturated rings. The van der Waals surface area contributed by atoms with E-state index in [0.29, 0.717) is 6.04 Å². The summed E-state index contributed by atoms with van der Waals surface area (Å²) in [5, 5.41) is 17.7. The Morgan fingerprint density at radius 3 is 3.00 bits per heavy atom. The Hall–Kier alpha value is -3.39. The largest absolute Gasteiger partial charge is 0.361 e. The number of nitrogens with zero attached hydrogens (tertiary/aromatic N) is 2. The number of benzene rings is 2. The summed E-state index contributed by atoms with van der Waals surface area (Å²) in [6.45, 7) is 1.72. The molecule has 0 saturated heterocycles. The van der Waals surface area contributed by atoms with Crippen molar-refractivity contribution in [2.75, 3.05) is 6.54 Å². The number of carbonyl (C=O) groups excluding carboxylic acids is 1. The van der Waals surface area contributed by atoms with Gasteiger partial charge in [0.05, 0.1) is 6.20 Å². The Kier molecular flexibility index (Phi) is 6.49. The molecule has 2 aromatic carbocycles. The molecule has 2 heterocycles. The maximum atomic E-state index is 11.3. The number of aromatic nitrogens is 3. The van der Waals surface area contributed by atoms with Crippen molar-refractivity contribution in [1.29, 1.82) is 0 Å². The number of carbonyl (C=O) groups is 1. The Morgan fingerprint density at radius 2 is 2.18 bits per heavy atom. The number of hydroxylamine groups is 1. The zero-order valence-corrected chi connectivity index (χ0v) is 19.3. The number of aromatic amines is 2. The summed E-state index contributed by atoms with van der Waals surface area (Å²) in [4.78, 5) is 17.2. The van der Waals surface area contributed by atoms with Crippen molar-refractivity contribution in [3.05, 3.63) is 93.9 Å². The maximum absolute atomic E-state index is 11.3. The number of rotatable bonds is 8. The molecule has 34 heavy (non-hydrogen) atoms. The summed E-state index contributed by atoms with van der Waals surface area (Å²) in [7, 11) is 0. The lowest BCUT2D eigenvalue weighted by Gasteiger charge is -2.29. The van der Waals surface area contributed by atoms with Crippen LogP contribution in [-0.2, 0) is 24.2 Å². The third kappa shape index (κ3) is 4.77. The van der Waals surface area contributed by atoms with E-state index in [4.69, 9.17) is 16.8 Å². The van der Waals surface area contributed by atoms with Crippen molar-refractivity contribution in [2.24, 2.45) is 0 Å².